The van der Waals surface area contributed by atoms with Gasteiger partial charge in [-0.3, -0.25) is 14.5 Å². The summed E-state index contributed by atoms with van der Waals surface area (Å²) in [6.45, 7) is 6.16. The van der Waals surface area contributed by atoms with E-state index in [1.54, 1.807) is 0 Å². The molecule has 0 unspecified atom stereocenters. The van der Waals surface area contributed by atoms with Crippen molar-refractivity contribution in [1.29, 1.82) is 0 Å². The molecule has 3 fully saturated rings. The molecule has 3 saturated heterocycles. The Morgan fingerprint density at radius 1 is 1.10 bits per heavy atom. The average Bonchev–Trinajstić information content (AvgIpc) is 2.77. The van der Waals surface area contributed by atoms with Crippen molar-refractivity contribution < 1.29 is 9.59 Å². The van der Waals surface area contributed by atoms with E-state index >= 15 is 0 Å². The molecule has 2 bridgehead atoms. The summed E-state index contributed by atoms with van der Waals surface area (Å²) in [6, 6.07) is 9.12. The van der Waals surface area contributed by atoms with Gasteiger partial charge < -0.3 is 15.1 Å². The molecule has 6 nitrogen and oxygen atoms in total. The van der Waals surface area contributed by atoms with E-state index in [2.05, 4.69) is 44.3 Å². The van der Waals surface area contributed by atoms with E-state index in [1.807, 2.05) is 0 Å². The topological polar surface area (TPSA) is 55.9 Å². The largest absolute Gasteiger partial charge is 0.371 e. The predicted molar refractivity (Wildman–Crippen MR) is 122 cm³/mol. The van der Waals surface area contributed by atoms with E-state index in [0.29, 0.717) is 30.3 Å². The van der Waals surface area contributed by atoms with Gasteiger partial charge in [0.2, 0.25) is 11.8 Å². The van der Waals surface area contributed by atoms with E-state index in [-0.39, 0.29) is 5.91 Å². The van der Waals surface area contributed by atoms with Crippen molar-refractivity contribution in [3.8, 4) is 0 Å². The minimum absolute atomic E-state index is 0.149. The van der Waals surface area contributed by atoms with Crippen LogP contribution in [0.2, 0.25) is 0 Å². The third kappa shape index (κ3) is 4.59. The molecule has 0 saturated carbocycles. The van der Waals surface area contributed by atoms with Gasteiger partial charge in [0.05, 0.1) is 6.54 Å². The van der Waals surface area contributed by atoms with Gasteiger partial charge in [-0.15, -0.1) is 0 Å². The molecule has 0 aromatic heterocycles. The zero-order valence-corrected chi connectivity index (χ0v) is 18.6. The summed E-state index contributed by atoms with van der Waals surface area (Å²) < 4.78 is 0. The number of anilines is 1. The molecule has 4 aliphatic heterocycles. The van der Waals surface area contributed by atoms with Gasteiger partial charge in [-0.1, -0.05) is 18.2 Å². The number of likely N-dealkylation sites (tertiary alicyclic amines) is 1. The van der Waals surface area contributed by atoms with E-state index < -0.39 is 0 Å². The van der Waals surface area contributed by atoms with Gasteiger partial charge >= 0.3 is 0 Å². The van der Waals surface area contributed by atoms with Crippen LogP contribution in [0, 0.1) is 11.8 Å². The van der Waals surface area contributed by atoms with Crippen LogP contribution in [-0.2, 0) is 16.0 Å². The first-order chi connectivity index (χ1) is 15.2. The minimum atomic E-state index is 0.149. The molecule has 168 valence electrons. The van der Waals surface area contributed by atoms with E-state index in [4.69, 9.17) is 0 Å². The molecule has 1 aromatic rings. The van der Waals surface area contributed by atoms with Crippen LogP contribution in [0.15, 0.2) is 24.3 Å². The highest BCUT2D eigenvalue weighted by Crippen LogP contribution is 2.37. The molecule has 3 atom stereocenters. The molecule has 6 heteroatoms. The second-order valence-electron chi connectivity index (χ2n) is 9.98. The molecule has 4 heterocycles. The number of carbonyl (C=O) groups excluding carboxylic acids is 2. The van der Waals surface area contributed by atoms with Crippen LogP contribution in [0.1, 0.15) is 44.1 Å². The number of benzene rings is 1. The molecule has 31 heavy (non-hydrogen) atoms. The van der Waals surface area contributed by atoms with Crippen molar-refractivity contribution in [2.45, 2.75) is 51.0 Å². The third-order valence-corrected chi connectivity index (χ3v) is 7.76. The first-order valence-electron chi connectivity index (χ1n) is 12.3. The number of fused-ring (bicyclic) bond motifs is 5. The van der Waals surface area contributed by atoms with Crippen molar-refractivity contribution >= 4 is 17.5 Å². The van der Waals surface area contributed by atoms with Gasteiger partial charge in [0.1, 0.15) is 0 Å². The zero-order valence-electron chi connectivity index (χ0n) is 18.6. The summed E-state index contributed by atoms with van der Waals surface area (Å²) in [5.74, 6) is 1.58. The summed E-state index contributed by atoms with van der Waals surface area (Å²) >= 11 is 0. The summed E-state index contributed by atoms with van der Waals surface area (Å²) in [5, 5.41) is 3.15. The lowest BCUT2D eigenvalue weighted by atomic mass is 9.76. The number of piperidine rings is 3. The van der Waals surface area contributed by atoms with Crippen molar-refractivity contribution in [1.82, 2.24) is 15.1 Å². The van der Waals surface area contributed by atoms with E-state index in [9.17, 15) is 9.59 Å². The number of amides is 2. The number of rotatable bonds is 6. The average molecular weight is 425 g/mol. The highest BCUT2D eigenvalue weighted by molar-refractivity contribution is 5.78. The van der Waals surface area contributed by atoms with Crippen LogP contribution >= 0.6 is 0 Å². The number of nitrogens with zero attached hydrogens (tertiary/aromatic N) is 3. The molecular formula is C25H36N4O2. The van der Waals surface area contributed by atoms with Crippen LogP contribution in [0.3, 0.4) is 0 Å². The molecule has 1 aromatic carbocycles. The van der Waals surface area contributed by atoms with Gasteiger partial charge in [-0.05, 0) is 62.0 Å². The van der Waals surface area contributed by atoms with Crippen LogP contribution in [-0.4, -0.2) is 73.5 Å². The van der Waals surface area contributed by atoms with E-state index in [1.165, 1.54) is 30.5 Å². The Bertz CT molecular complexity index is 812. The predicted octanol–water partition coefficient (Wildman–Crippen LogP) is 2.28. The highest BCUT2D eigenvalue weighted by atomic mass is 16.2. The summed E-state index contributed by atoms with van der Waals surface area (Å²) in [6.07, 6.45) is 7.49. The highest BCUT2D eigenvalue weighted by Gasteiger charge is 2.44. The number of hydrogen-bond donors (Lipinski definition) is 1. The maximum absolute atomic E-state index is 12.6. The SMILES string of the molecule is O=C(CN1C[C@H]2C[C@H](C1)[C@H]1CCCC(=O)N1C2)NCCCN1CCCc2ccccc21. The monoisotopic (exact) mass is 424 g/mol. The maximum atomic E-state index is 12.6. The number of carbonyl (C=O) groups is 2. The Kier molecular flexibility index (Phi) is 6.17. The zero-order chi connectivity index (χ0) is 21.2. The van der Waals surface area contributed by atoms with Gasteiger partial charge in [0.25, 0.3) is 0 Å². The Balaban J connectivity index is 1.06. The fourth-order valence-corrected chi connectivity index (χ4v) is 6.44. The molecule has 1 N–H and O–H groups in total. The molecular weight excluding hydrogens is 388 g/mol. The van der Waals surface area contributed by atoms with Crippen LogP contribution in [0.5, 0.6) is 0 Å². The van der Waals surface area contributed by atoms with Crippen molar-refractivity contribution in [3.05, 3.63) is 29.8 Å². The Morgan fingerprint density at radius 3 is 2.94 bits per heavy atom. The minimum Gasteiger partial charge on any atom is -0.371 e. The summed E-state index contributed by atoms with van der Waals surface area (Å²) in [5.41, 5.74) is 2.82. The van der Waals surface area contributed by atoms with Crippen LogP contribution in [0.25, 0.3) is 0 Å². The first-order valence-corrected chi connectivity index (χ1v) is 12.3. The second kappa shape index (κ2) is 9.19. The van der Waals surface area contributed by atoms with Gasteiger partial charge in [0.15, 0.2) is 0 Å². The van der Waals surface area contributed by atoms with Gasteiger partial charge in [-0.25, -0.2) is 0 Å². The smallest absolute Gasteiger partial charge is 0.234 e. The number of para-hydroxylation sites is 1. The lowest BCUT2D eigenvalue weighted by molar-refractivity contribution is -0.145. The molecule has 0 spiro atoms. The molecule has 2 amide bonds. The lowest BCUT2D eigenvalue weighted by Gasteiger charge is -2.52. The fourth-order valence-electron chi connectivity index (χ4n) is 6.44. The van der Waals surface area contributed by atoms with Crippen molar-refractivity contribution in [3.63, 3.8) is 0 Å². The summed E-state index contributed by atoms with van der Waals surface area (Å²) in [7, 11) is 0. The van der Waals surface area contributed by atoms with Crippen molar-refractivity contribution in [2.75, 3.05) is 50.7 Å². The second-order valence-corrected chi connectivity index (χ2v) is 9.98. The Hall–Kier alpha value is -2.08. The van der Waals surface area contributed by atoms with Crippen molar-refractivity contribution in [2.24, 2.45) is 11.8 Å². The maximum Gasteiger partial charge on any atom is 0.234 e. The fraction of sp³-hybridized carbons (Fsp3) is 0.680. The quantitative estimate of drug-likeness (QED) is 0.712. The number of hydrogen-bond acceptors (Lipinski definition) is 4. The van der Waals surface area contributed by atoms with Crippen LogP contribution < -0.4 is 10.2 Å². The van der Waals surface area contributed by atoms with Gasteiger partial charge in [-0.2, -0.15) is 0 Å². The Morgan fingerprint density at radius 2 is 2.00 bits per heavy atom. The molecule has 0 radical (unpaired) electrons. The number of nitrogens with one attached hydrogen (secondary N) is 1. The summed E-state index contributed by atoms with van der Waals surface area (Å²) in [4.78, 5) is 31.8. The third-order valence-electron chi connectivity index (χ3n) is 7.76. The normalized spacial score (nSPS) is 28.1. The van der Waals surface area contributed by atoms with E-state index in [0.717, 1.165) is 65.0 Å². The Labute approximate surface area is 185 Å². The molecule has 0 aliphatic carbocycles. The molecule has 5 rings (SSSR count). The number of aryl methyl sites for hydroxylation is 1. The van der Waals surface area contributed by atoms with Gasteiger partial charge in [0, 0.05) is 57.4 Å². The lowest BCUT2D eigenvalue weighted by Crippen LogP contribution is -2.61. The standard InChI is InChI=1S/C25H36N4O2/c30-24(26-11-5-13-28-12-4-7-20-6-1-2-8-22(20)28)18-27-15-19-14-21(17-27)23-9-3-10-25(31)29(23)16-19/h1-2,6,8,19,21,23H,3-5,7,9-18H2,(H,26,30)/t19-,21-,23-/m1/s1. The van der Waals surface area contributed by atoms with Crippen LogP contribution in [0.4, 0.5) is 5.69 Å². The first kappa shape index (κ1) is 20.8. The molecule has 4 aliphatic rings.